The summed E-state index contributed by atoms with van der Waals surface area (Å²) in [6.07, 6.45) is 4.24. The second kappa shape index (κ2) is 6.70. The van der Waals surface area contributed by atoms with Crippen LogP contribution in [0.5, 0.6) is 0 Å². The van der Waals surface area contributed by atoms with Gasteiger partial charge in [-0.05, 0) is 25.5 Å². The lowest BCUT2D eigenvalue weighted by atomic mass is 10.2. The van der Waals surface area contributed by atoms with Gasteiger partial charge in [0.1, 0.15) is 11.6 Å². The van der Waals surface area contributed by atoms with Gasteiger partial charge in [-0.15, -0.1) is 0 Å². The summed E-state index contributed by atoms with van der Waals surface area (Å²) < 4.78 is 5.30. The van der Waals surface area contributed by atoms with Crippen LogP contribution in [0, 0.1) is 6.92 Å². The average molecular weight is 274 g/mol. The number of nitrogens with zero attached hydrogens (tertiary/aromatic N) is 2. The van der Waals surface area contributed by atoms with Gasteiger partial charge in [0, 0.05) is 18.3 Å². The minimum absolute atomic E-state index is 0.178. The van der Waals surface area contributed by atoms with Gasteiger partial charge in [0.2, 0.25) is 5.89 Å². The second-order valence-corrected chi connectivity index (χ2v) is 4.40. The van der Waals surface area contributed by atoms with Crippen LogP contribution < -0.4 is 10.6 Å². The molecule has 1 amide bonds. The Morgan fingerprint density at radius 2 is 2.25 bits per heavy atom. The molecule has 0 bridgehead atoms. The number of pyridine rings is 1. The fourth-order valence-corrected chi connectivity index (χ4v) is 1.66. The number of anilines is 1. The SMILES string of the molecule is CCCNc1cc(C(=O)NCc2ncc(C)o2)ccn1. The Morgan fingerprint density at radius 3 is 2.95 bits per heavy atom. The number of aromatic nitrogens is 2. The third-order valence-electron chi connectivity index (χ3n) is 2.65. The number of carbonyl (C=O) groups excluding carboxylic acids is 1. The molecule has 0 saturated carbocycles. The maximum absolute atomic E-state index is 12.0. The molecule has 2 N–H and O–H groups in total. The molecule has 0 saturated heterocycles. The van der Waals surface area contributed by atoms with Crippen molar-refractivity contribution in [2.45, 2.75) is 26.8 Å². The number of hydrogen-bond acceptors (Lipinski definition) is 5. The summed E-state index contributed by atoms with van der Waals surface area (Å²) >= 11 is 0. The van der Waals surface area contributed by atoms with Gasteiger partial charge in [-0.25, -0.2) is 9.97 Å². The Balaban J connectivity index is 1.94. The van der Waals surface area contributed by atoms with Gasteiger partial charge in [-0.3, -0.25) is 4.79 Å². The van der Waals surface area contributed by atoms with Crippen molar-refractivity contribution < 1.29 is 9.21 Å². The number of nitrogens with one attached hydrogen (secondary N) is 2. The average Bonchev–Trinajstić information content (AvgIpc) is 2.88. The number of carbonyl (C=O) groups is 1. The summed E-state index contributed by atoms with van der Waals surface area (Å²) in [7, 11) is 0. The second-order valence-electron chi connectivity index (χ2n) is 4.40. The van der Waals surface area contributed by atoms with Gasteiger partial charge >= 0.3 is 0 Å². The first kappa shape index (κ1) is 14.0. The Labute approximate surface area is 117 Å². The van der Waals surface area contributed by atoms with Crippen molar-refractivity contribution in [2.24, 2.45) is 0 Å². The Morgan fingerprint density at radius 1 is 1.40 bits per heavy atom. The molecule has 0 aliphatic heterocycles. The van der Waals surface area contributed by atoms with Gasteiger partial charge in [0.15, 0.2) is 0 Å². The van der Waals surface area contributed by atoms with Gasteiger partial charge in [-0.2, -0.15) is 0 Å². The molecule has 0 unspecified atom stereocenters. The first-order valence-electron chi connectivity index (χ1n) is 6.58. The molecule has 0 aliphatic carbocycles. The largest absolute Gasteiger partial charge is 0.444 e. The third kappa shape index (κ3) is 3.81. The van der Waals surface area contributed by atoms with E-state index < -0.39 is 0 Å². The van der Waals surface area contributed by atoms with Crippen LogP contribution >= 0.6 is 0 Å². The molecular formula is C14H18N4O2. The summed E-state index contributed by atoms with van der Waals surface area (Å²) in [5.41, 5.74) is 0.557. The Bertz CT molecular complexity index is 580. The van der Waals surface area contributed by atoms with Crippen molar-refractivity contribution in [3.63, 3.8) is 0 Å². The highest BCUT2D eigenvalue weighted by atomic mass is 16.4. The van der Waals surface area contributed by atoms with Crippen molar-refractivity contribution in [1.29, 1.82) is 0 Å². The van der Waals surface area contributed by atoms with Crippen LogP contribution in [0.3, 0.4) is 0 Å². The van der Waals surface area contributed by atoms with Crippen molar-refractivity contribution in [3.8, 4) is 0 Å². The van der Waals surface area contributed by atoms with E-state index in [1.54, 1.807) is 24.5 Å². The number of hydrogen-bond donors (Lipinski definition) is 2. The Kier molecular flexibility index (Phi) is 4.70. The molecule has 6 nitrogen and oxygen atoms in total. The van der Waals surface area contributed by atoms with Crippen molar-refractivity contribution >= 4 is 11.7 Å². The summed E-state index contributed by atoms with van der Waals surface area (Å²) in [6.45, 7) is 4.98. The lowest BCUT2D eigenvalue weighted by molar-refractivity contribution is 0.0947. The van der Waals surface area contributed by atoms with E-state index in [-0.39, 0.29) is 12.5 Å². The lowest BCUT2D eigenvalue weighted by Crippen LogP contribution is -2.23. The predicted octanol–water partition coefficient (Wildman–Crippen LogP) is 2.13. The standard InChI is InChI=1S/C14H18N4O2/c1-3-5-15-12-7-11(4-6-16-12)14(19)18-9-13-17-8-10(2)20-13/h4,6-8H,3,5,9H2,1-2H3,(H,15,16)(H,18,19). The molecule has 0 aromatic carbocycles. The number of amides is 1. The highest BCUT2D eigenvalue weighted by molar-refractivity contribution is 5.94. The molecule has 0 spiro atoms. The summed E-state index contributed by atoms with van der Waals surface area (Å²) in [5, 5.41) is 5.91. The van der Waals surface area contributed by atoms with Gasteiger partial charge in [0.25, 0.3) is 5.91 Å². The Hall–Kier alpha value is -2.37. The molecule has 2 heterocycles. The number of aryl methyl sites for hydroxylation is 1. The first-order chi connectivity index (χ1) is 9.69. The van der Waals surface area contributed by atoms with Crippen molar-refractivity contribution in [2.75, 3.05) is 11.9 Å². The van der Waals surface area contributed by atoms with Crippen LogP contribution in [0.2, 0.25) is 0 Å². The van der Waals surface area contributed by atoms with Crippen molar-refractivity contribution in [1.82, 2.24) is 15.3 Å². The van der Waals surface area contributed by atoms with Crippen LogP contribution in [0.25, 0.3) is 0 Å². The maximum atomic E-state index is 12.0. The van der Waals surface area contributed by atoms with Crippen LogP contribution in [0.1, 0.15) is 35.4 Å². The predicted molar refractivity (Wildman–Crippen MR) is 75.4 cm³/mol. The summed E-state index contributed by atoms with van der Waals surface area (Å²) in [6, 6.07) is 3.40. The number of oxazole rings is 1. The van der Waals surface area contributed by atoms with E-state index in [2.05, 4.69) is 27.5 Å². The van der Waals surface area contributed by atoms with E-state index in [4.69, 9.17) is 4.42 Å². The quantitative estimate of drug-likeness (QED) is 0.843. The van der Waals surface area contributed by atoms with Crippen LogP contribution in [-0.2, 0) is 6.54 Å². The fraction of sp³-hybridized carbons (Fsp3) is 0.357. The molecular weight excluding hydrogens is 256 g/mol. The lowest BCUT2D eigenvalue weighted by Gasteiger charge is -2.06. The van der Waals surface area contributed by atoms with E-state index in [1.807, 2.05) is 6.92 Å². The topological polar surface area (TPSA) is 80.0 Å². The first-order valence-corrected chi connectivity index (χ1v) is 6.58. The number of rotatable bonds is 6. The van der Waals surface area contributed by atoms with Crippen LogP contribution in [0.4, 0.5) is 5.82 Å². The third-order valence-corrected chi connectivity index (χ3v) is 2.65. The monoisotopic (exact) mass is 274 g/mol. The zero-order valence-corrected chi connectivity index (χ0v) is 11.6. The van der Waals surface area contributed by atoms with Crippen LogP contribution in [0.15, 0.2) is 28.9 Å². The van der Waals surface area contributed by atoms with Gasteiger partial charge < -0.3 is 15.1 Å². The smallest absolute Gasteiger partial charge is 0.251 e. The molecule has 2 aromatic rings. The summed E-state index contributed by atoms with van der Waals surface area (Å²) in [4.78, 5) is 20.2. The van der Waals surface area contributed by atoms with E-state index in [1.165, 1.54) is 0 Å². The van der Waals surface area contributed by atoms with Crippen LogP contribution in [-0.4, -0.2) is 22.4 Å². The molecule has 2 aromatic heterocycles. The molecule has 0 radical (unpaired) electrons. The van der Waals surface area contributed by atoms with E-state index in [9.17, 15) is 4.79 Å². The molecule has 6 heteroatoms. The van der Waals surface area contributed by atoms with E-state index in [0.29, 0.717) is 17.3 Å². The van der Waals surface area contributed by atoms with E-state index in [0.717, 1.165) is 18.7 Å². The van der Waals surface area contributed by atoms with Gasteiger partial charge in [0.05, 0.1) is 12.7 Å². The zero-order chi connectivity index (χ0) is 14.4. The maximum Gasteiger partial charge on any atom is 0.251 e. The molecule has 0 fully saturated rings. The highest BCUT2D eigenvalue weighted by Crippen LogP contribution is 2.07. The normalized spacial score (nSPS) is 10.3. The minimum Gasteiger partial charge on any atom is -0.444 e. The fourth-order valence-electron chi connectivity index (χ4n) is 1.66. The minimum atomic E-state index is -0.178. The zero-order valence-electron chi connectivity index (χ0n) is 11.6. The highest BCUT2D eigenvalue weighted by Gasteiger charge is 2.08. The van der Waals surface area contributed by atoms with Crippen molar-refractivity contribution in [3.05, 3.63) is 41.7 Å². The molecule has 106 valence electrons. The molecule has 2 rings (SSSR count). The molecule has 0 atom stereocenters. The van der Waals surface area contributed by atoms with E-state index >= 15 is 0 Å². The molecule has 20 heavy (non-hydrogen) atoms. The molecule has 0 aliphatic rings. The summed E-state index contributed by atoms with van der Waals surface area (Å²) in [5.74, 6) is 1.74. The van der Waals surface area contributed by atoms with Gasteiger partial charge in [-0.1, -0.05) is 6.92 Å².